The minimum atomic E-state index is -0.325. The maximum atomic E-state index is 15.8. The van der Waals surface area contributed by atoms with Crippen molar-refractivity contribution in [3.05, 3.63) is 98.9 Å². The molecule has 2 saturated carbocycles. The Balaban J connectivity index is 0.000000330. The molecule has 3 atom stereocenters. The Hall–Kier alpha value is -4.96. The third-order valence-corrected chi connectivity index (χ3v) is 15.4. The Bertz CT molecular complexity index is 2330. The van der Waals surface area contributed by atoms with Gasteiger partial charge in [0.15, 0.2) is 0 Å². The third-order valence-electron chi connectivity index (χ3n) is 15.4. The first-order valence-electron chi connectivity index (χ1n) is 25.9. The number of benzene rings is 2. The fourth-order valence-corrected chi connectivity index (χ4v) is 9.87. The number of aryl methyl sites for hydroxylation is 1. The maximum Gasteiger partial charge on any atom is 0.259 e. The number of nitrogens with one attached hydrogen (secondary N) is 2. The number of aliphatic hydroxyl groups is 1. The number of nitrogens with zero attached hydrogens (tertiary/aromatic N) is 3. The first-order chi connectivity index (χ1) is 32.5. The number of allylic oxidation sites excluding steroid dienone is 2. The third kappa shape index (κ3) is 12.1. The van der Waals surface area contributed by atoms with Crippen molar-refractivity contribution in [2.45, 2.75) is 177 Å². The van der Waals surface area contributed by atoms with Crippen LogP contribution >= 0.6 is 0 Å². The molecule has 2 amide bonds. The number of anilines is 1. The fourth-order valence-electron chi connectivity index (χ4n) is 9.87. The van der Waals surface area contributed by atoms with Crippen LogP contribution in [0.15, 0.2) is 70.8 Å². The fraction of sp³-hybridized carbons (Fsp3) is 0.569. The molecule has 2 fully saturated rings. The number of pyridine rings is 1. The van der Waals surface area contributed by atoms with E-state index in [1.807, 2.05) is 59.1 Å². The second kappa shape index (κ2) is 24.5. The summed E-state index contributed by atoms with van der Waals surface area (Å²) >= 11 is 0. The number of methoxy groups -OCH3 is 1. The van der Waals surface area contributed by atoms with Crippen LogP contribution in [0.5, 0.6) is 5.88 Å². The first-order valence-corrected chi connectivity index (χ1v) is 25.9. The number of halogens is 1. The molecule has 1 aromatic heterocycles. The zero-order valence-electron chi connectivity index (χ0n) is 44.0. The van der Waals surface area contributed by atoms with Crippen molar-refractivity contribution in [2.24, 2.45) is 11.8 Å². The van der Waals surface area contributed by atoms with Crippen molar-refractivity contribution in [1.29, 1.82) is 0 Å². The monoisotopic (exact) mass is 934 g/mol. The average Bonchev–Trinajstić information content (AvgIpc) is 3.69. The molecule has 0 radical (unpaired) electrons. The summed E-state index contributed by atoms with van der Waals surface area (Å²) in [7, 11) is 5.78. The predicted molar refractivity (Wildman–Crippen MR) is 279 cm³/mol. The highest BCUT2D eigenvalue weighted by Gasteiger charge is 2.35. The molecule has 2 aromatic carbocycles. The lowest BCUT2D eigenvalue weighted by atomic mass is 9.84. The van der Waals surface area contributed by atoms with Gasteiger partial charge >= 0.3 is 0 Å². The number of aromatic nitrogens is 1. The second-order valence-corrected chi connectivity index (χ2v) is 19.9. The highest BCUT2D eigenvalue weighted by molar-refractivity contribution is 6.08. The van der Waals surface area contributed by atoms with Gasteiger partial charge in [0.2, 0.25) is 11.8 Å². The van der Waals surface area contributed by atoms with E-state index in [0.29, 0.717) is 40.8 Å². The number of fused-ring (bicyclic) bond motifs is 1. The second-order valence-electron chi connectivity index (χ2n) is 19.9. The molecular formula is C58H84FN5O4. The molecule has 0 spiro atoms. The molecule has 3 aliphatic carbocycles. The number of ether oxygens (including phenoxy) is 1. The predicted octanol–water partition coefficient (Wildman–Crippen LogP) is 13.7. The SMILES string of the molecule is CCC(C)CCC(CC)(CC)NC(=O)C(C)CC.CCCO.COc1nc(-c2cccc(-c3c(F)ccc(NC(=O)C4=CN(C)C(=C5CCC5)N(C)C4=C4CCC4)c3C)c2C)cc2c1C(C)CC2. The number of rotatable bonds is 15. The average molecular weight is 934 g/mol. The Morgan fingerprint density at radius 3 is 2.13 bits per heavy atom. The van der Waals surface area contributed by atoms with Gasteiger partial charge in [0.1, 0.15) is 11.6 Å². The molecule has 3 N–H and O–H groups in total. The molecule has 0 bridgehead atoms. The molecule has 2 heterocycles. The van der Waals surface area contributed by atoms with E-state index in [9.17, 15) is 9.59 Å². The van der Waals surface area contributed by atoms with Crippen LogP contribution in [0.25, 0.3) is 22.4 Å². The number of likely N-dealkylation sites (N-methyl/N-ethyl adjacent to an activating group) is 1. The Morgan fingerprint density at radius 1 is 0.926 bits per heavy atom. The normalized spacial score (nSPS) is 17.4. The van der Waals surface area contributed by atoms with Gasteiger partial charge in [-0.25, -0.2) is 9.37 Å². The Labute approximate surface area is 409 Å². The summed E-state index contributed by atoms with van der Waals surface area (Å²) in [4.78, 5) is 35.4. The molecule has 372 valence electrons. The van der Waals surface area contributed by atoms with E-state index < -0.39 is 0 Å². The van der Waals surface area contributed by atoms with Gasteiger partial charge in [-0.1, -0.05) is 80.0 Å². The molecule has 10 heteroatoms. The van der Waals surface area contributed by atoms with Crippen LogP contribution in [0.2, 0.25) is 0 Å². The smallest absolute Gasteiger partial charge is 0.259 e. The van der Waals surface area contributed by atoms with Crippen molar-refractivity contribution in [2.75, 3.05) is 33.1 Å². The van der Waals surface area contributed by atoms with Gasteiger partial charge in [-0.3, -0.25) is 9.59 Å². The highest BCUT2D eigenvalue weighted by atomic mass is 19.1. The van der Waals surface area contributed by atoms with E-state index in [-0.39, 0.29) is 29.1 Å². The summed E-state index contributed by atoms with van der Waals surface area (Å²) < 4.78 is 21.5. The van der Waals surface area contributed by atoms with Gasteiger partial charge in [0.25, 0.3) is 5.91 Å². The van der Waals surface area contributed by atoms with E-state index in [4.69, 9.17) is 14.8 Å². The molecule has 1 aliphatic heterocycles. The van der Waals surface area contributed by atoms with Crippen LogP contribution in [-0.4, -0.2) is 65.1 Å². The minimum absolute atomic E-state index is 0.0178. The molecular weight excluding hydrogens is 850 g/mol. The lowest BCUT2D eigenvalue weighted by Gasteiger charge is -2.42. The topological polar surface area (TPSA) is 107 Å². The lowest BCUT2D eigenvalue weighted by Crippen LogP contribution is -2.49. The number of amides is 2. The Morgan fingerprint density at radius 2 is 1.57 bits per heavy atom. The quantitative estimate of drug-likeness (QED) is 0.139. The van der Waals surface area contributed by atoms with Crippen molar-refractivity contribution >= 4 is 17.5 Å². The molecule has 9 nitrogen and oxygen atoms in total. The summed E-state index contributed by atoms with van der Waals surface area (Å²) in [6.07, 6.45) is 18.0. The summed E-state index contributed by atoms with van der Waals surface area (Å²) in [6, 6.07) is 11.2. The number of hydrogen-bond donors (Lipinski definition) is 3. The minimum Gasteiger partial charge on any atom is -0.481 e. The zero-order valence-corrected chi connectivity index (χ0v) is 44.0. The van der Waals surface area contributed by atoms with Gasteiger partial charge in [-0.15, -0.1) is 0 Å². The number of hydrogen-bond acceptors (Lipinski definition) is 7. The van der Waals surface area contributed by atoms with Gasteiger partial charge in [0.05, 0.1) is 24.1 Å². The molecule has 7 rings (SSSR count). The van der Waals surface area contributed by atoms with Crippen molar-refractivity contribution in [3.63, 3.8) is 0 Å². The molecule has 4 aliphatic rings. The molecule has 0 saturated heterocycles. The maximum absolute atomic E-state index is 15.8. The molecule has 3 aromatic rings. The van der Waals surface area contributed by atoms with Crippen LogP contribution in [-0.2, 0) is 16.0 Å². The van der Waals surface area contributed by atoms with Gasteiger partial charge in [-0.05, 0) is 167 Å². The zero-order chi connectivity index (χ0) is 49.9. The van der Waals surface area contributed by atoms with Gasteiger partial charge in [0, 0.05) is 60.7 Å². The lowest BCUT2D eigenvalue weighted by molar-refractivity contribution is -0.126. The first kappa shape index (κ1) is 54.0. The molecule has 3 unspecified atom stereocenters. The largest absolute Gasteiger partial charge is 0.481 e. The van der Waals surface area contributed by atoms with E-state index in [1.165, 1.54) is 53.4 Å². The highest BCUT2D eigenvalue weighted by Crippen LogP contribution is 2.44. The van der Waals surface area contributed by atoms with Crippen molar-refractivity contribution < 1.29 is 23.8 Å². The Kier molecular flexibility index (Phi) is 19.5. The van der Waals surface area contributed by atoms with Gasteiger partial charge < -0.3 is 30.3 Å². The van der Waals surface area contributed by atoms with E-state index in [2.05, 4.69) is 75.1 Å². The van der Waals surface area contributed by atoms with Crippen LogP contribution in [0.3, 0.4) is 0 Å². The van der Waals surface area contributed by atoms with Crippen LogP contribution in [0.4, 0.5) is 10.1 Å². The van der Waals surface area contributed by atoms with E-state index in [1.54, 1.807) is 13.2 Å². The van der Waals surface area contributed by atoms with Crippen molar-refractivity contribution in [1.82, 2.24) is 20.1 Å². The summed E-state index contributed by atoms with van der Waals surface area (Å²) in [5.41, 5.74) is 12.2. The van der Waals surface area contributed by atoms with Crippen LogP contribution < -0.4 is 15.4 Å². The summed E-state index contributed by atoms with van der Waals surface area (Å²) in [5, 5.41) is 14.4. The van der Waals surface area contributed by atoms with Gasteiger partial charge in [-0.2, -0.15) is 0 Å². The van der Waals surface area contributed by atoms with E-state index in [0.717, 1.165) is 111 Å². The van der Waals surface area contributed by atoms with Crippen molar-refractivity contribution in [3.8, 4) is 28.3 Å². The summed E-state index contributed by atoms with van der Waals surface area (Å²) in [5.74, 6) is 2.89. The number of carbonyl (C=O) groups is 2. The summed E-state index contributed by atoms with van der Waals surface area (Å²) in [6.45, 7) is 21.4. The number of aliphatic hydroxyl groups excluding tert-OH is 1. The van der Waals surface area contributed by atoms with Crippen LogP contribution in [0.1, 0.15) is 173 Å². The standard InChI is InChI=1S/C39H43FN4O2.C16H33NO.C3H8O/c1-22-16-17-27-20-33(42-38(46-6)34(22)27)28-14-9-15-29(23(28)2)35-24(3)32(19-18-31(35)40)41-37(45)30-21-43(4)39(26-12-8-13-26)44(5)36(30)25-10-7-11-25;1-7-13(5)11-12-16(9-3,10-4)17-15(18)14(6)8-2;1-2-3-4/h9,14-15,18-22H,7-8,10-13,16-17H2,1-6H3,(H,41,45);13-14H,7-12H2,1-6H3,(H,17,18);4H,2-3H2,1H3. The van der Waals surface area contributed by atoms with E-state index >= 15 is 4.39 Å². The molecule has 68 heavy (non-hydrogen) atoms. The number of carbonyl (C=O) groups excluding carboxylic acids is 2. The van der Waals surface area contributed by atoms with Crippen LogP contribution in [0, 0.1) is 31.5 Å².